The van der Waals surface area contributed by atoms with E-state index >= 15 is 0 Å². The Morgan fingerprint density at radius 1 is 1.15 bits per heavy atom. The molecule has 20 heavy (non-hydrogen) atoms. The lowest BCUT2D eigenvalue weighted by molar-refractivity contribution is -0.147. The predicted octanol–water partition coefficient (Wildman–Crippen LogP) is 3.15. The second kappa shape index (κ2) is 6.05. The number of amides is 1. The van der Waals surface area contributed by atoms with Crippen molar-refractivity contribution in [2.75, 3.05) is 32.7 Å². The molecule has 0 radical (unpaired) electrons. The van der Waals surface area contributed by atoms with Crippen molar-refractivity contribution in [2.24, 2.45) is 10.8 Å². The molecule has 0 saturated carbocycles. The molecule has 0 aromatic carbocycles. The van der Waals surface area contributed by atoms with E-state index in [1.165, 1.54) is 38.9 Å². The van der Waals surface area contributed by atoms with Crippen molar-refractivity contribution in [1.82, 2.24) is 9.80 Å². The van der Waals surface area contributed by atoms with E-state index < -0.39 is 0 Å². The van der Waals surface area contributed by atoms with Crippen LogP contribution in [0.5, 0.6) is 0 Å². The van der Waals surface area contributed by atoms with Crippen molar-refractivity contribution < 1.29 is 4.79 Å². The SMILES string of the molecule is CCCN1CCC2(CC1)CN(C(=O)CCC(C)(C)C)C2. The van der Waals surface area contributed by atoms with Crippen LogP contribution in [0.4, 0.5) is 0 Å². The summed E-state index contributed by atoms with van der Waals surface area (Å²) in [6.45, 7) is 14.6. The predicted molar refractivity (Wildman–Crippen MR) is 83.7 cm³/mol. The first-order chi connectivity index (χ1) is 9.34. The third kappa shape index (κ3) is 3.97. The molecule has 2 aliphatic rings. The summed E-state index contributed by atoms with van der Waals surface area (Å²) in [5.74, 6) is 0.376. The third-order valence-electron chi connectivity index (χ3n) is 4.95. The number of carbonyl (C=O) groups is 1. The highest BCUT2D eigenvalue weighted by molar-refractivity contribution is 5.77. The first-order valence-electron chi connectivity index (χ1n) is 8.34. The van der Waals surface area contributed by atoms with Crippen LogP contribution in [0.15, 0.2) is 0 Å². The monoisotopic (exact) mass is 280 g/mol. The summed E-state index contributed by atoms with van der Waals surface area (Å²) >= 11 is 0. The summed E-state index contributed by atoms with van der Waals surface area (Å²) in [4.78, 5) is 16.9. The van der Waals surface area contributed by atoms with Gasteiger partial charge in [-0.1, -0.05) is 27.7 Å². The quantitative estimate of drug-likeness (QED) is 0.790. The van der Waals surface area contributed by atoms with Crippen molar-refractivity contribution in [3.8, 4) is 0 Å². The topological polar surface area (TPSA) is 23.6 Å². The molecule has 2 rings (SSSR count). The molecule has 116 valence electrons. The Bertz CT molecular complexity index is 329. The zero-order chi connectivity index (χ0) is 14.8. The summed E-state index contributed by atoms with van der Waals surface area (Å²) < 4.78 is 0. The van der Waals surface area contributed by atoms with E-state index in [0.29, 0.717) is 11.3 Å². The highest BCUT2D eigenvalue weighted by atomic mass is 16.2. The van der Waals surface area contributed by atoms with Gasteiger partial charge >= 0.3 is 0 Å². The molecule has 3 heteroatoms. The fraction of sp³-hybridized carbons (Fsp3) is 0.941. The van der Waals surface area contributed by atoms with E-state index in [0.717, 1.165) is 25.9 Å². The molecular formula is C17H32N2O. The van der Waals surface area contributed by atoms with Crippen molar-refractivity contribution in [1.29, 1.82) is 0 Å². The Morgan fingerprint density at radius 3 is 2.25 bits per heavy atom. The van der Waals surface area contributed by atoms with Gasteiger partial charge in [-0.15, -0.1) is 0 Å². The standard InChI is InChI=1S/C17H32N2O/c1-5-10-18-11-8-17(9-12-18)13-19(14-17)15(20)6-7-16(2,3)4/h5-14H2,1-4H3. The summed E-state index contributed by atoms with van der Waals surface area (Å²) in [6, 6.07) is 0. The second-order valence-electron chi connectivity index (χ2n) is 8.15. The number of rotatable bonds is 4. The van der Waals surface area contributed by atoms with Crippen molar-refractivity contribution in [2.45, 2.75) is 59.8 Å². The molecule has 0 aromatic heterocycles. The lowest BCUT2D eigenvalue weighted by Crippen LogP contribution is -2.61. The summed E-state index contributed by atoms with van der Waals surface area (Å²) in [6.07, 6.45) is 5.55. The van der Waals surface area contributed by atoms with E-state index in [4.69, 9.17) is 0 Å². The van der Waals surface area contributed by atoms with E-state index in [1.54, 1.807) is 0 Å². The number of hydrogen-bond acceptors (Lipinski definition) is 2. The first-order valence-corrected chi connectivity index (χ1v) is 8.34. The smallest absolute Gasteiger partial charge is 0.222 e. The summed E-state index contributed by atoms with van der Waals surface area (Å²) in [5, 5.41) is 0. The van der Waals surface area contributed by atoms with Gasteiger partial charge in [0.2, 0.25) is 5.91 Å². The van der Waals surface area contributed by atoms with Gasteiger partial charge in [0, 0.05) is 24.9 Å². The number of likely N-dealkylation sites (tertiary alicyclic amines) is 2. The zero-order valence-corrected chi connectivity index (χ0v) is 13.9. The Labute approximate surface area is 124 Å². The summed E-state index contributed by atoms with van der Waals surface area (Å²) in [5.41, 5.74) is 0.741. The van der Waals surface area contributed by atoms with Crippen LogP contribution >= 0.6 is 0 Å². The maximum absolute atomic E-state index is 12.2. The van der Waals surface area contributed by atoms with Crippen molar-refractivity contribution >= 4 is 5.91 Å². The Morgan fingerprint density at radius 2 is 1.75 bits per heavy atom. The molecule has 0 aromatic rings. The normalized spacial score (nSPS) is 22.9. The fourth-order valence-corrected chi connectivity index (χ4v) is 3.46. The maximum Gasteiger partial charge on any atom is 0.222 e. The molecule has 0 aliphatic carbocycles. The highest BCUT2D eigenvalue weighted by Crippen LogP contribution is 2.41. The number of carbonyl (C=O) groups excluding carboxylic acids is 1. The molecule has 0 bridgehead atoms. The van der Waals surface area contributed by atoms with Crippen molar-refractivity contribution in [3.05, 3.63) is 0 Å². The van der Waals surface area contributed by atoms with Crippen LogP contribution in [0.1, 0.15) is 59.8 Å². The van der Waals surface area contributed by atoms with Gasteiger partial charge in [-0.3, -0.25) is 4.79 Å². The Hall–Kier alpha value is -0.570. The summed E-state index contributed by atoms with van der Waals surface area (Å²) in [7, 11) is 0. The molecule has 3 nitrogen and oxygen atoms in total. The molecule has 0 N–H and O–H groups in total. The Balaban J connectivity index is 1.70. The highest BCUT2D eigenvalue weighted by Gasteiger charge is 2.46. The maximum atomic E-state index is 12.2. The Kier molecular flexibility index (Phi) is 4.78. The lowest BCUT2D eigenvalue weighted by atomic mass is 9.71. The average molecular weight is 280 g/mol. The van der Waals surface area contributed by atoms with Crippen LogP contribution in [0.2, 0.25) is 0 Å². The van der Waals surface area contributed by atoms with Gasteiger partial charge in [0.15, 0.2) is 0 Å². The third-order valence-corrected chi connectivity index (χ3v) is 4.95. The van der Waals surface area contributed by atoms with E-state index in [9.17, 15) is 4.79 Å². The molecule has 2 saturated heterocycles. The molecule has 1 spiro atoms. The number of hydrogen-bond donors (Lipinski definition) is 0. The second-order valence-corrected chi connectivity index (χ2v) is 8.15. The van der Waals surface area contributed by atoms with E-state index in [1.807, 2.05) is 0 Å². The van der Waals surface area contributed by atoms with Gasteiger partial charge in [0.1, 0.15) is 0 Å². The van der Waals surface area contributed by atoms with Gasteiger partial charge in [0.05, 0.1) is 0 Å². The van der Waals surface area contributed by atoms with Crippen LogP contribution in [-0.4, -0.2) is 48.4 Å². The first kappa shape index (κ1) is 15.8. The van der Waals surface area contributed by atoms with Crippen LogP contribution in [0.25, 0.3) is 0 Å². The van der Waals surface area contributed by atoms with Crippen LogP contribution in [0.3, 0.4) is 0 Å². The zero-order valence-electron chi connectivity index (χ0n) is 13.9. The van der Waals surface area contributed by atoms with Gasteiger partial charge < -0.3 is 9.80 Å². The largest absolute Gasteiger partial charge is 0.341 e. The molecule has 2 aliphatic heterocycles. The minimum absolute atomic E-state index is 0.268. The number of nitrogens with zero attached hydrogens (tertiary/aromatic N) is 2. The minimum Gasteiger partial charge on any atom is -0.341 e. The van der Waals surface area contributed by atoms with Gasteiger partial charge in [-0.2, -0.15) is 0 Å². The number of piperidine rings is 1. The van der Waals surface area contributed by atoms with Gasteiger partial charge in [0.25, 0.3) is 0 Å². The van der Waals surface area contributed by atoms with E-state index in [2.05, 4.69) is 37.5 Å². The van der Waals surface area contributed by atoms with Crippen LogP contribution in [-0.2, 0) is 4.79 Å². The molecule has 2 heterocycles. The molecular weight excluding hydrogens is 248 g/mol. The van der Waals surface area contributed by atoms with Crippen molar-refractivity contribution in [3.63, 3.8) is 0 Å². The van der Waals surface area contributed by atoms with E-state index in [-0.39, 0.29) is 5.41 Å². The van der Waals surface area contributed by atoms with Gasteiger partial charge in [-0.05, 0) is 50.7 Å². The average Bonchev–Trinajstić information content (AvgIpc) is 2.34. The minimum atomic E-state index is 0.268. The fourth-order valence-electron chi connectivity index (χ4n) is 3.46. The lowest BCUT2D eigenvalue weighted by Gasteiger charge is -2.54. The van der Waals surface area contributed by atoms with Gasteiger partial charge in [-0.25, -0.2) is 0 Å². The van der Waals surface area contributed by atoms with Crippen LogP contribution < -0.4 is 0 Å². The molecule has 0 unspecified atom stereocenters. The van der Waals surface area contributed by atoms with Crippen LogP contribution in [0, 0.1) is 10.8 Å². The molecule has 1 amide bonds. The molecule has 0 atom stereocenters. The molecule has 2 fully saturated rings.